The van der Waals surface area contributed by atoms with Crippen molar-refractivity contribution in [1.29, 1.82) is 0 Å². The molecule has 0 unspecified atom stereocenters. The van der Waals surface area contributed by atoms with E-state index < -0.39 is 20.0 Å². The van der Waals surface area contributed by atoms with Crippen molar-refractivity contribution in [3.05, 3.63) is 70.0 Å². The second-order valence-electron chi connectivity index (χ2n) is 14.6. The van der Waals surface area contributed by atoms with Crippen molar-refractivity contribution in [3.8, 4) is 5.75 Å². The predicted octanol–water partition coefficient (Wildman–Crippen LogP) is 8.62. The van der Waals surface area contributed by atoms with Gasteiger partial charge in [0.25, 0.3) is 0 Å². The Morgan fingerprint density at radius 1 is 1.02 bits per heavy atom. The number of unbranched alkanes of at least 4 members (excludes halogenated alkanes) is 1. The van der Waals surface area contributed by atoms with Crippen LogP contribution in [0.3, 0.4) is 0 Å². The van der Waals surface area contributed by atoms with E-state index in [0.717, 1.165) is 42.0 Å². The number of rotatable bonds is 11. The fourth-order valence-corrected chi connectivity index (χ4v) is 9.97. The molecule has 8 nitrogen and oxygen atoms in total. The summed E-state index contributed by atoms with van der Waals surface area (Å²) in [6, 6.07) is 14.8. The lowest BCUT2D eigenvalue weighted by molar-refractivity contribution is 0.0153. The lowest BCUT2D eigenvalue weighted by atomic mass is 10.0. The molecule has 2 aromatic carbocycles. The first kappa shape index (κ1) is 36.2. The van der Waals surface area contributed by atoms with Crippen LogP contribution in [-0.4, -0.2) is 59.6 Å². The third-order valence-corrected chi connectivity index (χ3v) is 16.9. The Balaban J connectivity index is 1.63. The number of thioether (sulfide) groups is 2. The highest BCUT2D eigenvalue weighted by Crippen LogP contribution is 2.55. The summed E-state index contributed by atoms with van der Waals surface area (Å²) in [5, 5.41) is 11.2. The Morgan fingerprint density at radius 3 is 2.28 bits per heavy atom. The highest BCUT2D eigenvalue weighted by Gasteiger charge is 2.41. The molecule has 4 N–H and O–H groups in total. The number of pyridine rings is 1. The van der Waals surface area contributed by atoms with E-state index in [2.05, 4.69) is 51.0 Å². The number of carbonyl (C=O) groups excluding carboxylic acids is 1. The number of nitrogen functional groups attached to an aromatic ring is 1. The number of carbonyl (C=O) groups is 1. The van der Waals surface area contributed by atoms with Crippen LogP contribution >= 0.6 is 23.5 Å². The molecule has 3 aromatic rings. The Labute approximate surface area is 283 Å². The molecule has 1 fully saturated rings. The molecule has 252 valence electrons. The average molecular weight is 686 g/mol. The minimum absolute atomic E-state index is 0.00999. The summed E-state index contributed by atoms with van der Waals surface area (Å²) < 4.78 is 13.0. The van der Waals surface area contributed by atoms with Gasteiger partial charge in [0.1, 0.15) is 11.4 Å². The van der Waals surface area contributed by atoms with Crippen molar-refractivity contribution in [3.63, 3.8) is 0 Å². The van der Waals surface area contributed by atoms with Crippen molar-refractivity contribution < 1.29 is 19.1 Å². The van der Waals surface area contributed by atoms with Crippen LogP contribution in [-0.2, 0) is 13.2 Å². The monoisotopic (exact) mass is 685 g/mol. The van der Waals surface area contributed by atoms with Gasteiger partial charge in [-0.3, -0.25) is 4.79 Å². The van der Waals surface area contributed by atoms with E-state index in [1.165, 1.54) is 11.6 Å². The van der Waals surface area contributed by atoms with Gasteiger partial charge < -0.3 is 29.9 Å². The zero-order valence-electron chi connectivity index (χ0n) is 28.6. The van der Waals surface area contributed by atoms with Gasteiger partial charge in [0.2, 0.25) is 5.56 Å². The fraction of sp³-hybridized carbons (Fsp3) is 0.543. The molecule has 0 radical (unpaired) electrons. The van der Waals surface area contributed by atoms with Gasteiger partial charge in [-0.1, -0.05) is 39.0 Å². The van der Waals surface area contributed by atoms with Crippen LogP contribution in [0.15, 0.2) is 53.3 Å². The minimum Gasteiger partial charge on any atom is -0.506 e. The summed E-state index contributed by atoms with van der Waals surface area (Å²) in [4.78, 5) is 30.5. The molecular formula is C35H51N3O5S2Si. The molecule has 1 amide bonds. The van der Waals surface area contributed by atoms with Crippen LogP contribution in [0.25, 0.3) is 10.9 Å². The maximum atomic E-state index is 13.8. The SMILES string of the molecule is CC(C)(C)OC(=O)N(CCCCC1(c2ccc(N)cc2)SCCS1)C[C@H](O[Si](C)(C)C(C)(C)C)c1ccc(O)c2[nH]c(=O)ccc12. The summed E-state index contributed by atoms with van der Waals surface area (Å²) in [5.41, 5.74) is 8.25. The molecule has 11 heteroatoms. The topological polar surface area (TPSA) is 118 Å². The minimum atomic E-state index is -2.35. The standard InChI is InChI=1S/C35H51N3O5S2Si/c1-33(2,3)42-32(41)38(20-10-9-19-35(44-21-22-45-35)24-11-13-25(36)14-12-24)23-29(43-46(7,8)34(4,5)6)26-15-17-28(39)31-27(26)16-18-30(40)37-31/h11-18,29,39H,9-10,19-23,36H2,1-8H3,(H,37,40)/t29-/m0/s1. The lowest BCUT2D eigenvalue weighted by Crippen LogP contribution is -2.46. The normalized spacial score (nSPS) is 16.0. The van der Waals surface area contributed by atoms with E-state index in [9.17, 15) is 14.7 Å². The zero-order valence-corrected chi connectivity index (χ0v) is 31.2. The molecule has 1 aromatic heterocycles. The quantitative estimate of drug-likeness (QED) is 0.104. The van der Waals surface area contributed by atoms with Crippen molar-refractivity contribution >= 4 is 54.5 Å². The van der Waals surface area contributed by atoms with Crippen LogP contribution in [0.1, 0.15) is 78.0 Å². The van der Waals surface area contributed by atoms with E-state index in [4.69, 9.17) is 14.9 Å². The second kappa shape index (κ2) is 14.3. The van der Waals surface area contributed by atoms with Crippen molar-refractivity contribution in [2.75, 3.05) is 30.3 Å². The van der Waals surface area contributed by atoms with Crippen LogP contribution < -0.4 is 11.3 Å². The molecule has 46 heavy (non-hydrogen) atoms. The maximum absolute atomic E-state index is 13.8. The molecule has 4 rings (SSSR count). The molecule has 0 spiro atoms. The van der Waals surface area contributed by atoms with Gasteiger partial charge in [-0.15, -0.1) is 23.5 Å². The first-order chi connectivity index (χ1) is 21.4. The number of hydrogen-bond acceptors (Lipinski definition) is 8. The molecule has 1 aliphatic rings. The summed E-state index contributed by atoms with van der Waals surface area (Å²) in [6.45, 7) is 17.3. The third-order valence-electron chi connectivity index (χ3n) is 8.82. The number of ether oxygens (including phenoxy) is 1. The molecule has 1 saturated heterocycles. The van der Waals surface area contributed by atoms with E-state index in [1.54, 1.807) is 17.0 Å². The second-order valence-corrected chi connectivity index (χ2v) is 22.4. The number of fused-ring (bicyclic) bond motifs is 1. The first-order valence-electron chi connectivity index (χ1n) is 16.1. The third kappa shape index (κ3) is 8.84. The molecular weight excluding hydrogens is 635 g/mol. The summed E-state index contributed by atoms with van der Waals surface area (Å²) >= 11 is 3.99. The number of phenolic OH excluding ortho intramolecular Hbond substituents is 1. The number of aromatic amines is 1. The van der Waals surface area contributed by atoms with E-state index >= 15 is 0 Å². The maximum Gasteiger partial charge on any atom is 0.410 e. The van der Waals surface area contributed by atoms with Gasteiger partial charge in [-0.05, 0) is 93.6 Å². The van der Waals surface area contributed by atoms with Gasteiger partial charge in [-0.2, -0.15) is 0 Å². The largest absolute Gasteiger partial charge is 0.506 e. The number of hydrogen-bond donors (Lipinski definition) is 3. The van der Waals surface area contributed by atoms with Crippen LogP contribution in [0.5, 0.6) is 5.75 Å². The van der Waals surface area contributed by atoms with E-state index in [-0.39, 0.29) is 33.1 Å². The number of benzene rings is 2. The molecule has 1 atom stereocenters. The summed E-state index contributed by atoms with van der Waals surface area (Å²) in [7, 11) is -2.35. The number of phenols is 1. The number of aromatic hydroxyl groups is 1. The van der Waals surface area contributed by atoms with Crippen molar-refractivity contribution in [2.45, 2.75) is 94.7 Å². The Kier molecular flexibility index (Phi) is 11.2. The smallest absolute Gasteiger partial charge is 0.410 e. The summed E-state index contributed by atoms with van der Waals surface area (Å²) in [5.74, 6) is 2.21. The van der Waals surface area contributed by atoms with Gasteiger partial charge in [-0.25, -0.2) is 4.79 Å². The van der Waals surface area contributed by atoms with Crippen molar-refractivity contribution in [1.82, 2.24) is 9.88 Å². The molecule has 0 saturated carbocycles. The van der Waals surface area contributed by atoms with Gasteiger partial charge in [0.05, 0.1) is 22.2 Å². The Hall–Kier alpha value is -2.60. The Morgan fingerprint density at radius 2 is 1.67 bits per heavy atom. The average Bonchev–Trinajstić information content (AvgIpc) is 3.43. The number of nitrogens with two attached hydrogens (primary N) is 1. The lowest BCUT2D eigenvalue weighted by Gasteiger charge is -2.41. The van der Waals surface area contributed by atoms with Crippen LogP contribution in [0.2, 0.25) is 18.1 Å². The zero-order chi connectivity index (χ0) is 33.9. The van der Waals surface area contributed by atoms with Gasteiger partial charge in [0, 0.05) is 35.2 Å². The molecule has 1 aliphatic heterocycles. The fourth-order valence-electron chi connectivity index (χ4n) is 5.36. The van der Waals surface area contributed by atoms with E-state index in [1.807, 2.05) is 62.5 Å². The number of aromatic nitrogens is 1. The van der Waals surface area contributed by atoms with Gasteiger partial charge >= 0.3 is 6.09 Å². The molecule has 2 heterocycles. The Bertz CT molecular complexity index is 1560. The number of anilines is 1. The first-order valence-corrected chi connectivity index (χ1v) is 20.9. The highest BCUT2D eigenvalue weighted by atomic mass is 32.2. The molecule has 0 bridgehead atoms. The summed E-state index contributed by atoms with van der Waals surface area (Å²) in [6.07, 6.45) is 1.82. The number of nitrogens with zero attached hydrogens (tertiary/aromatic N) is 1. The highest BCUT2D eigenvalue weighted by molar-refractivity contribution is 8.20. The number of amides is 1. The van der Waals surface area contributed by atoms with Gasteiger partial charge in [0.15, 0.2) is 8.32 Å². The van der Waals surface area contributed by atoms with E-state index in [0.29, 0.717) is 17.4 Å². The predicted molar refractivity (Wildman–Crippen MR) is 196 cm³/mol. The number of H-pyrrole nitrogens is 1. The van der Waals surface area contributed by atoms with Crippen LogP contribution in [0.4, 0.5) is 10.5 Å². The number of nitrogens with one attached hydrogen (secondary N) is 1. The van der Waals surface area contributed by atoms with Crippen LogP contribution in [0, 0.1) is 0 Å². The van der Waals surface area contributed by atoms with Crippen molar-refractivity contribution in [2.24, 2.45) is 0 Å². The molecule has 0 aliphatic carbocycles.